The molecule has 0 bridgehead atoms. The first kappa shape index (κ1) is 29.9. The van der Waals surface area contributed by atoms with Gasteiger partial charge in [-0.15, -0.1) is 0 Å². The van der Waals surface area contributed by atoms with Crippen LogP contribution in [0.5, 0.6) is 23.0 Å². The topological polar surface area (TPSA) is 76.0 Å². The zero-order chi connectivity index (χ0) is 22.4. The number of phenols is 2. The Morgan fingerprint density at radius 3 is 1.76 bits per heavy atom. The van der Waals surface area contributed by atoms with Gasteiger partial charge in [0.1, 0.15) is 20.4 Å². The van der Waals surface area contributed by atoms with Crippen molar-refractivity contribution in [2.45, 2.75) is 5.60 Å². The Morgan fingerprint density at radius 1 is 0.818 bits per heavy atom. The molecule has 0 saturated carbocycles. The average molecular weight is 795 g/mol. The van der Waals surface area contributed by atoms with Gasteiger partial charge in [0.05, 0.1) is 30.7 Å². The van der Waals surface area contributed by atoms with E-state index in [2.05, 4.69) is 63.7 Å². The Bertz CT molecular complexity index is 1310. The van der Waals surface area contributed by atoms with E-state index >= 15 is 0 Å². The van der Waals surface area contributed by atoms with Crippen LogP contribution < -0.4 is 4.74 Å². The summed E-state index contributed by atoms with van der Waals surface area (Å²) in [4.78, 5) is 13.1. The molecule has 1 spiro atoms. The van der Waals surface area contributed by atoms with Gasteiger partial charge in [-0.2, -0.15) is 0 Å². The number of halogens is 6. The zero-order valence-electron chi connectivity index (χ0n) is 16.7. The van der Waals surface area contributed by atoms with Crippen LogP contribution in [0, 0.1) is 0 Å². The molecule has 0 unspecified atom stereocenters. The van der Waals surface area contributed by atoms with Crippen LogP contribution in [0.2, 0.25) is 10.0 Å². The largest absolute Gasteiger partial charge is 0.505 e. The van der Waals surface area contributed by atoms with Gasteiger partial charge in [-0.1, -0.05) is 23.2 Å². The summed E-state index contributed by atoms with van der Waals surface area (Å²) in [6, 6.07) is 6.28. The van der Waals surface area contributed by atoms with E-state index in [0.717, 1.165) is 0 Å². The van der Waals surface area contributed by atoms with E-state index in [4.69, 9.17) is 32.7 Å². The molecule has 3 aromatic rings. The summed E-state index contributed by atoms with van der Waals surface area (Å²) in [6.07, 6.45) is 0. The first-order chi connectivity index (χ1) is 14.6. The number of benzene rings is 3. The summed E-state index contributed by atoms with van der Waals surface area (Å²) in [5.74, 6) is -0.519. The molecule has 33 heavy (non-hydrogen) atoms. The van der Waals surface area contributed by atoms with Crippen molar-refractivity contribution in [3.63, 3.8) is 0 Å². The van der Waals surface area contributed by atoms with Crippen molar-refractivity contribution in [3.05, 3.63) is 74.5 Å². The molecule has 0 saturated heterocycles. The van der Waals surface area contributed by atoms with Gasteiger partial charge in [0.2, 0.25) is 0 Å². The summed E-state index contributed by atoms with van der Waals surface area (Å²) >= 11 is 26.3. The monoisotopic (exact) mass is 790 g/mol. The fourth-order valence-corrected chi connectivity index (χ4v) is 6.80. The summed E-state index contributed by atoms with van der Waals surface area (Å²) in [5.41, 5.74) is -0.288. The van der Waals surface area contributed by atoms with Crippen molar-refractivity contribution >= 4 is 196 Å². The molecular weight excluding hydrogens is 789 g/mol. The molecule has 160 valence electrons. The molecule has 0 amide bonds. The molecule has 0 aliphatic carbocycles. The number of carbonyl (C=O) groups is 1. The van der Waals surface area contributed by atoms with Gasteiger partial charge in [0.25, 0.3) is 0 Å². The number of rotatable bonds is 0. The minimum Gasteiger partial charge on any atom is -0.505 e. The second-order valence-electron chi connectivity index (χ2n) is 6.75. The smallest absolute Gasteiger partial charge is 0.341 e. The number of ether oxygens (including phenoxy) is 2. The van der Waals surface area contributed by atoms with Crippen LogP contribution in [0.4, 0.5) is 0 Å². The van der Waals surface area contributed by atoms with E-state index in [9.17, 15) is 15.0 Å². The molecule has 0 fully saturated rings. The van der Waals surface area contributed by atoms with Gasteiger partial charge in [0.15, 0.2) is 17.1 Å². The fraction of sp³-hybridized carbons (Fsp3) is 0.0500. The van der Waals surface area contributed by atoms with E-state index in [1.54, 1.807) is 18.2 Å². The van der Waals surface area contributed by atoms with Crippen molar-refractivity contribution in [1.29, 1.82) is 0 Å². The van der Waals surface area contributed by atoms with Gasteiger partial charge in [-0.3, -0.25) is 0 Å². The Labute approximate surface area is 316 Å². The molecule has 2 aliphatic rings. The maximum atomic E-state index is 13.1. The van der Waals surface area contributed by atoms with Crippen LogP contribution in [0.3, 0.4) is 0 Å². The summed E-state index contributed by atoms with van der Waals surface area (Å²) < 4.78 is 13.3. The van der Waals surface area contributed by atoms with Gasteiger partial charge in [-0.05, 0) is 88.0 Å². The normalized spacial score (nSPS) is 14.3. The number of esters is 1. The molecule has 13 heteroatoms. The van der Waals surface area contributed by atoms with Crippen LogP contribution in [-0.2, 0) is 10.3 Å². The van der Waals surface area contributed by atoms with Crippen LogP contribution >= 0.6 is 86.9 Å². The van der Waals surface area contributed by atoms with Crippen LogP contribution in [0.25, 0.3) is 0 Å². The van der Waals surface area contributed by atoms with Gasteiger partial charge in [-0.25, -0.2) is 4.79 Å². The molecular formula is C20H6Br4Cl2K2O5. The molecule has 2 aliphatic heterocycles. The Balaban J connectivity index is 0.00000153. The minimum atomic E-state index is -1.56. The summed E-state index contributed by atoms with van der Waals surface area (Å²) in [7, 11) is 0. The average Bonchev–Trinajstić information content (AvgIpc) is 3.04. The summed E-state index contributed by atoms with van der Waals surface area (Å²) in [6.45, 7) is 0. The van der Waals surface area contributed by atoms with Crippen LogP contribution in [0.15, 0.2) is 42.2 Å². The van der Waals surface area contributed by atoms with E-state index in [1.165, 1.54) is 6.07 Å². The molecule has 2 heterocycles. The Hall–Kier alpha value is 2.30. The standard InChI is InChI=1S/C20H6Br4Cl2O5.2K/c21-7-3-5-17(13(23)15(7)27)30-18-6(4-8(22)16(28)14(18)24)20(5)12-10(26)2-1-9(25)11(12)19(29)31-20;;/h1-4,27-28H;;. The predicted molar refractivity (Wildman–Crippen MR) is 140 cm³/mol. The van der Waals surface area contributed by atoms with E-state index < -0.39 is 11.6 Å². The van der Waals surface area contributed by atoms with Crippen molar-refractivity contribution in [2.24, 2.45) is 0 Å². The van der Waals surface area contributed by atoms with Crippen LogP contribution in [0.1, 0.15) is 27.0 Å². The maximum Gasteiger partial charge on any atom is 0.341 e. The number of hydrogen-bond acceptors (Lipinski definition) is 5. The SMILES string of the molecule is O=C1OC2(c3cc(Br)c(O)c(Br)c3Oc3c2cc(Br)c(O)c3Br)c2c(Cl)ccc(Cl)c21.[K].[K]. The third-order valence-electron chi connectivity index (χ3n) is 5.17. The molecule has 0 atom stereocenters. The van der Waals surface area contributed by atoms with Gasteiger partial charge < -0.3 is 19.7 Å². The second kappa shape index (κ2) is 10.8. The molecule has 3 aromatic carbocycles. The minimum absolute atomic E-state index is 0. The van der Waals surface area contributed by atoms with Gasteiger partial charge in [0, 0.05) is 113 Å². The molecule has 5 rings (SSSR count). The molecule has 2 radical (unpaired) electrons. The number of aromatic hydroxyl groups is 2. The number of phenolic OH excluding ortho intramolecular Hbond substituents is 2. The third kappa shape index (κ3) is 4.39. The summed E-state index contributed by atoms with van der Waals surface area (Å²) in [5, 5.41) is 21.4. The quantitative estimate of drug-likeness (QED) is 0.185. The number of fused-ring (bicyclic) bond motifs is 6. The molecule has 0 aromatic heterocycles. The van der Waals surface area contributed by atoms with Crippen LogP contribution in [-0.4, -0.2) is 119 Å². The number of carbonyl (C=O) groups excluding carboxylic acids is 1. The molecule has 5 nitrogen and oxygen atoms in total. The van der Waals surface area contributed by atoms with Crippen molar-refractivity contribution in [1.82, 2.24) is 0 Å². The maximum absolute atomic E-state index is 13.1. The number of hydrogen-bond donors (Lipinski definition) is 2. The van der Waals surface area contributed by atoms with E-state index in [-0.39, 0.29) is 150 Å². The Kier molecular flexibility index (Phi) is 9.79. The first-order valence-corrected chi connectivity index (χ1v) is 12.3. The van der Waals surface area contributed by atoms with E-state index in [1.807, 2.05) is 0 Å². The van der Waals surface area contributed by atoms with Crippen molar-refractivity contribution < 1.29 is 24.5 Å². The third-order valence-corrected chi connectivity index (χ3v) is 8.48. The van der Waals surface area contributed by atoms with Crippen molar-refractivity contribution in [3.8, 4) is 23.0 Å². The van der Waals surface area contributed by atoms with E-state index in [0.29, 0.717) is 25.6 Å². The second-order valence-corrected chi connectivity index (χ2v) is 10.9. The van der Waals surface area contributed by atoms with Crippen molar-refractivity contribution in [2.75, 3.05) is 0 Å². The molecule has 2 N–H and O–H groups in total. The Morgan fingerprint density at radius 2 is 1.27 bits per heavy atom. The van der Waals surface area contributed by atoms with Gasteiger partial charge >= 0.3 is 5.97 Å². The fourth-order valence-electron chi connectivity index (χ4n) is 3.87. The predicted octanol–water partition coefficient (Wildman–Crippen LogP) is 7.26. The first-order valence-electron chi connectivity index (χ1n) is 8.42. The zero-order valence-corrected chi connectivity index (χ0v) is 30.8.